The summed E-state index contributed by atoms with van der Waals surface area (Å²) in [4.78, 5) is 19.5. The van der Waals surface area contributed by atoms with Crippen molar-refractivity contribution in [3.8, 4) is 0 Å². The first-order valence-corrected chi connectivity index (χ1v) is 8.45. The molecule has 0 spiro atoms. The second kappa shape index (κ2) is 6.33. The number of carbonyl (C=O) groups excluding carboxylic acids is 1. The van der Waals surface area contributed by atoms with Gasteiger partial charge in [0.25, 0.3) is 0 Å². The molecular formula is C18H21N5O2. The van der Waals surface area contributed by atoms with Crippen LogP contribution in [0.15, 0.2) is 30.6 Å². The molecule has 1 fully saturated rings. The monoisotopic (exact) mass is 339 g/mol. The fraction of sp³-hybridized carbons (Fsp3) is 0.389. The highest BCUT2D eigenvalue weighted by molar-refractivity contribution is 5.79. The number of nitrogens with one attached hydrogen (secondary N) is 1. The van der Waals surface area contributed by atoms with Crippen LogP contribution >= 0.6 is 0 Å². The second-order valence-electron chi connectivity index (χ2n) is 6.39. The van der Waals surface area contributed by atoms with Gasteiger partial charge >= 0.3 is 0 Å². The van der Waals surface area contributed by atoms with Crippen molar-refractivity contribution >= 4 is 11.6 Å². The molecule has 4 heterocycles. The number of pyridine rings is 1. The van der Waals surface area contributed by atoms with Crippen LogP contribution in [-0.2, 0) is 16.0 Å². The molecule has 3 aromatic heterocycles. The van der Waals surface area contributed by atoms with Crippen LogP contribution < -0.4 is 0 Å². The number of rotatable bonds is 3. The van der Waals surface area contributed by atoms with Crippen molar-refractivity contribution in [2.45, 2.75) is 26.3 Å². The summed E-state index contributed by atoms with van der Waals surface area (Å²) < 4.78 is 7.60. The Morgan fingerprint density at radius 1 is 1.40 bits per heavy atom. The molecule has 3 aromatic rings. The average Bonchev–Trinajstić information content (AvgIpc) is 3.18. The summed E-state index contributed by atoms with van der Waals surface area (Å²) in [6.45, 7) is 5.57. The number of morpholine rings is 1. The number of aromatic amines is 1. The molecule has 0 radical (unpaired) electrons. The van der Waals surface area contributed by atoms with Crippen molar-refractivity contribution in [2.75, 3.05) is 19.8 Å². The first kappa shape index (κ1) is 15.8. The Balaban J connectivity index is 1.62. The van der Waals surface area contributed by atoms with Gasteiger partial charge in [-0.3, -0.25) is 9.89 Å². The number of fused-ring (bicyclic) bond motifs is 1. The molecule has 1 aliphatic heterocycles. The standard InChI is InChI=1S/C18H21N5O2/c1-12-10-19-21-18(12)15-11-25-8-7-23(15)17(24)9-14-13(2)20-16-5-3-4-6-22(14)16/h3-6,10,15H,7-9,11H2,1-2H3,(H,19,21)/t15-/m0/s1. The summed E-state index contributed by atoms with van der Waals surface area (Å²) in [5.74, 6) is 0.0797. The van der Waals surface area contributed by atoms with Crippen LogP contribution in [0.5, 0.6) is 0 Å². The van der Waals surface area contributed by atoms with Gasteiger partial charge in [-0.25, -0.2) is 4.98 Å². The van der Waals surface area contributed by atoms with E-state index in [4.69, 9.17) is 4.74 Å². The van der Waals surface area contributed by atoms with Crippen LogP contribution in [0, 0.1) is 13.8 Å². The molecule has 0 saturated carbocycles. The lowest BCUT2D eigenvalue weighted by Gasteiger charge is -2.35. The van der Waals surface area contributed by atoms with Gasteiger partial charge in [0.1, 0.15) is 5.65 Å². The highest BCUT2D eigenvalue weighted by atomic mass is 16.5. The molecule has 0 unspecified atom stereocenters. The SMILES string of the molecule is Cc1cn[nH]c1[C@@H]1COCCN1C(=O)Cc1c(C)nc2ccccn12. The van der Waals surface area contributed by atoms with Crippen LogP contribution in [0.3, 0.4) is 0 Å². The third-order valence-corrected chi connectivity index (χ3v) is 4.80. The van der Waals surface area contributed by atoms with Gasteiger partial charge in [0.2, 0.25) is 5.91 Å². The summed E-state index contributed by atoms with van der Waals surface area (Å²) >= 11 is 0. The molecule has 7 heteroatoms. The Morgan fingerprint density at radius 3 is 3.08 bits per heavy atom. The molecule has 130 valence electrons. The van der Waals surface area contributed by atoms with Crippen molar-refractivity contribution in [3.05, 3.63) is 53.2 Å². The number of nitrogens with zero attached hydrogens (tertiary/aromatic N) is 4. The Hall–Kier alpha value is -2.67. The molecule has 25 heavy (non-hydrogen) atoms. The third-order valence-electron chi connectivity index (χ3n) is 4.80. The van der Waals surface area contributed by atoms with Crippen LogP contribution in [0.25, 0.3) is 5.65 Å². The van der Waals surface area contributed by atoms with Crippen LogP contribution in [0.2, 0.25) is 0 Å². The first-order valence-electron chi connectivity index (χ1n) is 8.45. The minimum absolute atomic E-state index is 0.0797. The molecule has 1 saturated heterocycles. The molecule has 0 aliphatic carbocycles. The third kappa shape index (κ3) is 2.80. The molecule has 7 nitrogen and oxygen atoms in total. The van der Waals surface area contributed by atoms with Crippen molar-refractivity contribution in [1.82, 2.24) is 24.5 Å². The number of ether oxygens (including phenoxy) is 1. The van der Waals surface area contributed by atoms with Crippen LogP contribution in [0.1, 0.15) is 28.7 Å². The largest absolute Gasteiger partial charge is 0.377 e. The van der Waals surface area contributed by atoms with E-state index in [2.05, 4.69) is 15.2 Å². The number of aromatic nitrogens is 4. The number of imidazole rings is 1. The van der Waals surface area contributed by atoms with Gasteiger partial charge in [-0.2, -0.15) is 5.10 Å². The van der Waals surface area contributed by atoms with Gasteiger partial charge in [-0.15, -0.1) is 0 Å². The molecule has 1 amide bonds. The summed E-state index contributed by atoms with van der Waals surface area (Å²) in [5.41, 5.74) is 4.68. The van der Waals surface area contributed by atoms with E-state index >= 15 is 0 Å². The van der Waals surface area contributed by atoms with Crippen LogP contribution in [0.4, 0.5) is 0 Å². The maximum Gasteiger partial charge on any atom is 0.229 e. The second-order valence-corrected chi connectivity index (χ2v) is 6.39. The van der Waals surface area contributed by atoms with Crippen LogP contribution in [-0.4, -0.2) is 50.1 Å². The highest BCUT2D eigenvalue weighted by Crippen LogP contribution is 2.26. The number of carbonyl (C=O) groups is 1. The Morgan fingerprint density at radius 2 is 2.28 bits per heavy atom. The lowest BCUT2D eigenvalue weighted by atomic mass is 10.1. The van der Waals surface area contributed by atoms with E-state index in [1.165, 1.54) is 0 Å². The number of H-pyrrole nitrogens is 1. The normalized spacial score (nSPS) is 18.0. The van der Waals surface area contributed by atoms with Crippen molar-refractivity contribution in [1.29, 1.82) is 0 Å². The minimum atomic E-state index is -0.122. The van der Waals surface area contributed by atoms with Gasteiger partial charge in [-0.05, 0) is 31.5 Å². The zero-order valence-corrected chi connectivity index (χ0v) is 14.4. The lowest BCUT2D eigenvalue weighted by molar-refractivity contribution is -0.139. The highest BCUT2D eigenvalue weighted by Gasteiger charge is 2.31. The van der Waals surface area contributed by atoms with E-state index in [1.807, 2.05) is 47.5 Å². The average molecular weight is 339 g/mol. The van der Waals surface area contributed by atoms with E-state index in [-0.39, 0.29) is 11.9 Å². The summed E-state index contributed by atoms with van der Waals surface area (Å²) in [6, 6.07) is 5.73. The zero-order valence-electron chi connectivity index (χ0n) is 14.4. The topological polar surface area (TPSA) is 75.5 Å². The van der Waals surface area contributed by atoms with Gasteiger partial charge in [0.15, 0.2) is 0 Å². The molecule has 1 N–H and O–H groups in total. The first-order chi connectivity index (χ1) is 12.1. The van der Waals surface area contributed by atoms with Crippen molar-refractivity contribution in [3.63, 3.8) is 0 Å². The molecule has 1 aliphatic rings. The van der Waals surface area contributed by atoms with Gasteiger partial charge in [0.05, 0.1) is 49.0 Å². The fourth-order valence-electron chi connectivity index (χ4n) is 3.46. The predicted octanol–water partition coefficient (Wildman–Crippen LogP) is 1.82. The Kier molecular flexibility index (Phi) is 4.01. The van der Waals surface area contributed by atoms with E-state index in [1.54, 1.807) is 6.20 Å². The number of hydrogen-bond donors (Lipinski definition) is 1. The molecule has 0 bridgehead atoms. The molecule has 1 atom stereocenters. The molecular weight excluding hydrogens is 318 g/mol. The summed E-state index contributed by atoms with van der Waals surface area (Å²) in [6.07, 6.45) is 4.05. The number of aryl methyl sites for hydroxylation is 2. The van der Waals surface area contributed by atoms with Gasteiger partial charge in [-0.1, -0.05) is 6.07 Å². The van der Waals surface area contributed by atoms with E-state index < -0.39 is 0 Å². The number of hydrogen-bond acceptors (Lipinski definition) is 4. The Labute approximate surface area is 145 Å². The molecule has 0 aromatic carbocycles. The zero-order chi connectivity index (χ0) is 17.4. The summed E-state index contributed by atoms with van der Waals surface area (Å²) in [7, 11) is 0. The summed E-state index contributed by atoms with van der Waals surface area (Å²) in [5, 5.41) is 7.11. The minimum Gasteiger partial charge on any atom is -0.377 e. The predicted molar refractivity (Wildman–Crippen MR) is 92.2 cm³/mol. The maximum atomic E-state index is 13.1. The van der Waals surface area contributed by atoms with Gasteiger partial charge in [0, 0.05) is 12.7 Å². The number of amides is 1. The smallest absolute Gasteiger partial charge is 0.229 e. The van der Waals surface area contributed by atoms with Crippen molar-refractivity contribution < 1.29 is 9.53 Å². The van der Waals surface area contributed by atoms with E-state index in [0.29, 0.717) is 26.2 Å². The van der Waals surface area contributed by atoms with Gasteiger partial charge < -0.3 is 14.0 Å². The van der Waals surface area contributed by atoms with E-state index in [9.17, 15) is 4.79 Å². The van der Waals surface area contributed by atoms with Crippen molar-refractivity contribution in [2.24, 2.45) is 0 Å². The quantitative estimate of drug-likeness (QED) is 0.790. The lowest BCUT2D eigenvalue weighted by Crippen LogP contribution is -2.44. The van der Waals surface area contributed by atoms with E-state index in [0.717, 1.165) is 28.3 Å². The molecule has 4 rings (SSSR count). The fourth-order valence-corrected chi connectivity index (χ4v) is 3.46. The Bertz CT molecular complexity index is 913. The maximum absolute atomic E-state index is 13.1.